The van der Waals surface area contributed by atoms with Crippen molar-refractivity contribution in [2.75, 3.05) is 12.4 Å². The molecule has 3 nitrogen and oxygen atoms in total. The molecule has 0 bridgehead atoms. The number of hydrogen-bond donors (Lipinski definition) is 0. The van der Waals surface area contributed by atoms with E-state index >= 15 is 0 Å². The van der Waals surface area contributed by atoms with Crippen LogP contribution in [0.2, 0.25) is 0 Å². The summed E-state index contributed by atoms with van der Waals surface area (Å²) in [5.74, 6) is -0.0783. The van der Waals surface area contributed by atoms with E-state index in [2.05, 4.69) is 17.9 Å². The Morgan fingerprint density at radius 2 is 2.15 bits per heavy atom. The summed E-state index contributed by atoms with van der Waals surface area (Å²) in [6.45, 7) is 6.80. The van der Waals surface area contributed by atoms with E-state index in [4.69, 9.17) is 0 Å². The summed E-state index contributed by atoms with van der Waals surface area (Å²) in [7, 11) is -1.05. The molecule has 0 spiro atoms. The second-order valence-electron chi connectivity index (χ2n) is 2.04. The minimum absolute atomic E-state index is 0.119. The summed E-state index contributed by atoms with van der Waals surface area (Å²) in [5, 5.41) is 1.47. The van der Waals surface area contributed by atoms with Crippen molar-refractivity contribution in [2.24, 2.45) is 0 Å². The van der Waals surface area contributed by atoms with Gasteiger partial charge in [-0.1, -0.05) is 12.7 Å². The zero-order valence-electron chi connectivity index (χ0n) is 7.27. The van der Waals surface area contributed by atoms with Crippen molar-refractivity contribution in [1.29, 1.82) is 0 Å². The Morgan fingerprint density at radius 3 is 2.69 bits per heavy atom. The summed E-state index contributed by atoms with van der Waals surface area (Å²) in [6.07, 6.45) is 4.17. The Kier molecular flexibility index (Phi) is 6.82. The summed E-state index contributed by atoms with van der Waals surface area (Å²) in [4.78, 5) is 10.5. The predicted molar refractivity (Wildman–Crippen MR) is 53.5 cm³/mol. The molecule has 0 fully saturated rings. The zero-order chi connectivity index (χ0) is 10.1. The van der Waals surface area contributed by atoms with Crippen LogP contribution in [0, 0.1) is 0 Å². The summed E-state index contributed by atoms with van der Waals surface area (Å²) < 4.78 is 15.6. The van der Waals surface area contributed by atoms with Gasteiger partial charge in [0.2, 0.25) is 0 Å². The highest BCUT2D eigenvalue weighted by Crippen LogP contribution is 1.87. The molecule has 1 unspecified atom stereocenters. The van der Waals surface area contributed by atoms with Crippen LogP contribution in [0.3, 0.4) is 0 Å². The van der Waals surface area contributed by atoms with Gasteiger partial charge in [-0.25, -0.2) is 4.79 Å². The lowest BCUT2D eigenvalue weighted by Crippen LogP contribution is -1.99. The zero-order valence-corrected chi connectivity index (χ0v) is 8.09. The molecule has 0 aliphatic rings. The van der Waals surface area contributed by atoms with Crippen molar-refractivity contribution in [3.05, 3.63) is 36.8 Å². The van der Waals surface area contributed by atoms with Crippen molar-refractivity contribution >= 4 is 16.8 Å². The second-order valence-corrected chi connectivity index (χ2v) is 3.41. The third-order valence-corrected chi connectivity index (χ3v) is 2.08. The van der Waals surface area contributed by atoms with Crippen molar-refractivity contribution in [2.45, 2.75) is 0 Å². The highest BCUT2D eigenvalue weighted by molar-refractivity contribution is 7.88. The standard InChI is InChI=1S/C9H12O3S/c1-3-7-13(11)8-5-6-12-9(10)4-2/h3-5,8H,1-2,6-7H2. The topological polar surface area (TPSA) is 43.4 Å². The first-order chi connectivity index (χ1) is 6.20. The third kappa shape index (κ3) is 7.21. The molecule has 0 rings (SSSR count). The number of esters is 1. The fraction of sp³-hybridized carbons (Fsp3) is 0.222. The molecule has 0 aromatic carbocycles. The van der Waals surface area contributed by atoms with Gasteiger partial charge in [0, 0.05) is 28.0 Å². The van der Waals surface area contributed by atoms with Crippen LogP contribution in [0.1, 0.15) is 0 Å². The minimum Gasteiger partial charge on any atom is -0.458 e. The van der Waals surface area contributed by atoms with Gasteiger partial charge in [-0.15, -0.1) is 6.58 Å². The summed E-state index contributed by atoms with van der Waals surface area (Å²) in [6, 6.07) is 0. The van der Waals surface area contributed by atoms with Gasteiger partial charge in [0.15, 0.2) is 0 Å². The Balaban J connectivity index is 3.62. The Labute approximate surface area is 80.2 Å². The van der Waals surface area contributed by atoms with Gasteiger partial charge in [-0.3, -0.25) is 4.21 Å². The largest absolute Gasteiger partial charge is 0.458 e. The SMILES string of the molecule is C=CCS(=O)C=CCOC(=O)C=C. The Morgan fingerprint density at radius 1 is 1.46 bits per heavy atom. The van der Waals surface area contributed by atoms with Gasteiger partial charge < -0.3 is 4.74 Å². The average Bonchev–Trinajstić information content (AvgIpc) is 2.12. The van der Waals surface area contributed by atoms with Crippen LogP contribution in [-0.4, -0.2) is 22.5 Å². The van der Waals surface area contributed by atoms with Gasteiger partial charge in [0.1, 0.15) is 6.61 Å². The summed E-state index contributed by atoms with van der Waals surface area (Å²) >= 11 is 0. The van der Waals surface area contributed by atoms with Crippen LogP contribution in [0.4, 0.5) is 0 Å². The van der Waals surface area contributed by atoms with Crippen molar-refractivity contribution in [3.63, 3.8) is 0 Å². The number of rotatable bonds is 6. The molecule has 0 N–H and O–H groups in total. The molecule has 0 radical (unpaired) electrons. The van der Waals surface area contributed by atoms with Crippen LogP contribution in [0.25, 0.3) is 0 Å². The first-order valence-corrected chi connectivity index (χ1v) is 5.03. The molecule has 0 aliphatic heterocycles. The predicted octanol–water partition coefficient (Wildman–Crippen LogP) is 1.16. The lowest BCUT2D eigenvalue weighted by molar-refractivity contribution is -0.136. The molecule has 0 aromatic heterocycles. The molecule has 4 heteroatoms. The van der Waals surface area contributed by atoms with Crippen molar-refractivity contribution in [3.8, 4) is 0 Å². The summed E-state index contributed by atoms with van der Waals surface area (Å²) in [5.41, 5.74) is 0. The highest BCUT2D eigenvalue weighted by atomic mass is 32.2. The molecule has 0 aromatic rings. The maximum Gasteiger partial charge on any atom is 0.330 e. The second kappa shape index (κ2) is 7.49. The van der Waals surface area contributed by atoms with E-state index in [0.29, 0.717) is 5.75 Å². The molecule has 0 saturated carbocycles. The normalized spacial score (nSPS) is 12.3. The fourth-order valence-corrected chi connectivity index (χ4v) is 1.14. The molecule has 0 saturated heterocycles. The first kappa shape index (κ1) is 11.8. The molecular formula is C9H12O3S. The van der Waals surface area contributed by atoms with Crippen molar-refractivity contribution in [1.82, 2.24) is 0 Å². The maximum absolute atomic E-state index is 10.9. The monoisotopic (exact) mass is 200 g/mol. The number of carbonyl (C=O) groups is 1. The highest BCUT2D eigenvalue weighted by Gasteiger charge is 1.91. The molecule has 0 amide bonds. The molecular weight excluding hydrogens is 188 g/mol. The van der Waals surface area contributed by atoms with E-state index < -0.39 is 16.8 Å². The number of hydrogen-bond acceptors (Lipinski definition) is 3. The van der Waals surface area contributed by atoms with Crippen LogP contribution in [0.15, 0.2) is 36.8 Å². The third-order valence-electron chi connectivity index (χ3n) is 1.02. The quantitative estimate of drug-likeness (QED) is 0.367. The molecule has 1 atom stereocenters. The van der Waals surface area contributed by atoms with Gasteiger partial charge in [0.05, 0.1) is 0 Å². The molecule has 0 heterocycles. The average molecular weight is 200 g/mol. The number of ether oxygens (including phenoxy) is 1. The minimum atomic E-state index is -1.05. The molecule has 13 heavy (non-hydrogen) atoms. The van der Waals surface area contributed by atoms with Crippen LogP contribution < -0.4 is 0 Å². The van der Waals surface area contributed by atoms with E-state index in [1.54, 1.807) is 6.08 Å². The van der Waals surface area contributed by atoms with Crippen molar-refractivity contribution < 1.29 is 13.7 Å². The Bertz CT molecular complexity index is 243. The lowest BCUT2D eigenvalue weighted by Gasteiger charge is -1.94. The van der Waals surface area contributed by atoms with Gasteiger partial charge in [0.25, 0.3) is 0 Å². The van der Waals surface area contributed by atoms with E-state index in [1.165, 1.54) is 11.5 Å². The number of carbonyl (C=O) groups excluding carboxylic acids is 1. The van der Waals surface area contributed by atoms with Gasteiger partial charge in [-0.2, -0.15) is 0 Å². The van der Waals surface area contributed by atoms with Crippen LogP contribution in [0.5, 0.6) is 0 Å². The maximum atomic E-state index is 10.9. The van der Waals surface area contributed by atoms with Crippen LogP contribution >= 0.6 is 0 Å². The van der Waals surface area contributed by atoms with E-state index in [-0.39, 0.29) is 6.61 Å². The molecule has 72 valence electrons. The fourth-order valence-electron chi connectivity index (χ4n) is 0.507. The molecule has 0 aliphatic carbocycles. The van der Waals surface area contributed by atoms with E-state index in [0.717, 1.165) is 6.08 Å². The first-order valence-electron chi connectivity index (χ1n) is 3.64. The lowest BCUT2D eigenvalue weighted by atomic mass is 10.6. The van der Waals surface area contributed by atoms with Gasteiger partial charge in [-0.05, 0) is 6.08 Å². The van der Waals surface area contributed by atoms with Gasteiger partial charge >= 0.3 is 5.97 Å². The van der Waals surface area contributed by atoms with E-state index in [9.17, 15) is 9.00 Å². The van der Waals surface area contributed by atoms with E-state index in [1.807, 2.05) is 0 Å². The Hall–Kier alpha value is -1.16. The van der Waals surface area contributed by atoms with Crippen LogP contribution in [-0.2, 0) is 20.3 Å². The smallest absolute Gasteiger partial charge is 0.330 e.